The summed E-state index contributed by atoms with van der Waals surface area (Å²) in [5.41, 5.74) is -1.64. The summed E-state index contributed by atoms with van der Waals surface area (Å²) in [6.07, 6.45) is 2.65. The molecule has 2 rings (SSSR count). The number of aromatic amines is 2. The van der Waals surface area contributed by atoms with E-state index in [1.165, 1.54) is 21.5 Å². The largest absolute Gasteiger partial charge is 0.459 e. The lowest BCUT2D eigenvalue weighted by molar-refractivity contribution is -0.150. The fourth-order valence-electron chi connectivity index (χ4n) is 2.53. The average Bonchev–Trinajstić information content (AvgIpc) is 2.57. The van der Waals surface area contributed by atoms with Gasteiger partial charge in [-0.05, 0) is 20.3 Å². The molecule has 0 fully saturated rings. The SMILES string of the molecule is CCCC(=O)OC(Cn1cc(C)c(=O)[nH]c1=O)Cn1cc(C)c(=O)[nH]c1=O. The first-order valence-corrected chi connectivity index (χ1v) is 8.51. The lowest BCUT2D eigenvalue weighted by Crippen LogP contribution is -2.39. The summed E-state index contributed by atoms with van der Waals surface area (Å²) in [5.74, 6) is -0.467. The number of nitrogens with one attached hydrogen (secondary N) is 2. The summed E-state index contributed by atoms with van der Waals surface area (Å²) in [6, 6.07) is 0. The van der Waals surface area contributed by atoms with E-state index in [-0.39, 0.29) is 19.5 Å². The lowest BCUT2D eigenvalue weighted by atomic mass is 10.3. The average molecular weight is 378 g/mol. The number of aromatic nitrogens is 4. The molecular formula is C17H22N4O6. The number of ether oxygens (including phenoxy) is 1. The number of aryl methyl sites for hydroxylation is 2. The van der Waals surface area contributed by atoms with Gasteiger partial charge in [-0.3, -0.25) is 33.5 Å². The van der Waals surface area contributed by atoms with Crippen LogP contribution in [-0.4, -0.2) is 31.2 Å². The Morgan fingerprint density at radius 2 is 1.41 bits per heavy atom. The Balaban J connectivity index is 2.36. The van der Waals surface area contributed by atoms with Gasteiger partial charge in [-0.1, -0.05) is 6.92 Å². The molecule has 0 saturated heterocycles. The zero-order valence-corrected chi connectivity index (χ0v) is 15.4. The highest BCUT2D eigenvalue weighted by atomic mass is 16.5. The topological polar surface area (TPSA) is 136 Å². The maximum Gasteiger partial charge on any atom is 0.328 e. The van der Waals surface area contributed by atoms with Crippen molar-refractivity contribution >= 4 is 5.97 Å². The number of carbonyl (C=O) groups excluding carboxylic acids is 1. The third kappa shape index (κ3) is 5.16. The second kappa shape index (κ2) is 8.47. The molecule has 0 aliphatic rings. The van der Waals surface area contributed by atoms with Crippen LogP contribution in [0.15, 0.2) is 31.6 Å². The Labute approximate surface area is 153 Å². The number of hydrogen-bond acceptors (Lipinski definition) is 6. The fourth-order valence-corrected chi connectivity index (χ4v) is 2.53. The second-order valence-electron chi connectivity index (χ2n) is 6.31. The summed E-state index contributed by atoms with van der Waals surface area (Å²) in [6.45, 7) is 4.79. The van der Waals surface area contributed by atoms with Crippen molar-refractivity contribution in [3.8, 4) is 0 Å². The third-order valence-electron chi connectivity index (χ3n) is 3.93. The van der Waals surface area contributed by atoms with E-state index in [0.29, 0.717) is 17.5 Å². The van der Waals surface area contributed by atoms with Crippen LogP contribution in [0.3, 0.4) is 0 Å². The molecule has 0 aliphatic carbocycles. The zero-order valence-electron chi connectivity index (χ0n) is 15.4. The molecule has 27 heavy (non-hydrogen) atoms. The Morgan fingerprint density at radius 1 is 0.963 bits per heavy atom. The van der Waals surface area contributed by atoms with Gasteiger partial charge in [-0.15, -0.1) is 0 Å². The van der Waals surface area contributed by atoms with Crippen molar-refractivity contribution in [1.82, 2.24) is 19.1 Å². The molecule has 0 aromatic carbocycles. The van der Waals surface area contributed by atoms with Gasteiger partial charge in [0.05, 0.1) is 13.1 Å². The minimum Gasteiger partial charge on any atom is -0.459 e. The maximum atomic E-state index is 12.0. The molecule has 0 aliphatic heterocycles. The third-order valence-corrected chi connectivity index (χ3v) is 3.93. The Morgan fingerprint density at radius 3 is 1.81 bits per heavy atom. The predicted octanol–water partition coefficient (Wildman–Crippen LogP) is -0.584. The molecule has 10 heteroatoms. The highest BCUT2D eigenvalue weighted by Crippen LogP contribution is 2.04. The van der Waals surface area contributed by atoms with Crippen LogP contribution in [0, 0.1) is 13.8 Å². The maximum absolute atomic E-state index is 12.0. The molecule has 0 unspecified atom stereocenters. The summed E-state index contributed by atoms with van der Waals surface area (Å²) in [7, 11) is 0. The first-order chi connectivity index (χ1) is 12.7. The normalized spacial score (nSPS) is 11.0. The van der Waals surface area contributed by atoms with Gasteiger partial charge in [-0.25, -0.2) is 9.59 Å². The monoisotopic (exact) mass is 378 g/mol. The molecule has 2 heterocycles. The molecule has 2 N–H and O–H groups in total. The van der Waals surface area contributed by atoms with E-state index in [4.69, 9.17) is 4.74 Å². The highest BCUT2D eigenvalue weighted by molar-refractivity contribution is 5.69. The predicted molar refractivity (Wildman–Crippen MR) is 96.9 cm³/mol. The van der Waals surface area contributed by atoms with Crippen molar-refractivity contribution < 1.29 is 9.53 Å². The van der Waals surface area contributed by atoms with Crippen molar-refractivity contribution in [2.75, 3.05) is 0 Å². The van der Waals surface area contributed by atoms with Crippen molar-refractivity contribution in [3.05, 3.63) is 65.2 Å². The van der Waals surface area contributed by atoms with Gasteiger partial charge in [0.15, 0.2) is 0 Å². The molecule has 2 aromatic heterocycles. The summed E-state index contributed by atoms with van der Waals surface area (Å²) in [4.78, 5) is 63.3. The van der Waals surface area contributed by atoms with Crippen LogP contribution in [0.25, 0.3) is 0 Å². The van der Waals surface area contributed by atoms with Gasteiger partial charge in [0.25, 0.3) is 11.1 Å². The van der Waals surface area contributed by atoms with Crippen LogP contribution in [0.1, 0.15) is 30.9 Å². The smallest absolute Gasteiger partial charge is 0.328 e. The fraction of sp³-hybridized carbons (Fsp3) is 0.471. The van der Waals surface area contributed by atoms with Crippen LogP contribution in [0.2, 0.25) is 0 Å². The van der Waals surface area contributed by atoms with Crippen molar-refractivity contribution in [2.45, 2.75) is 52.8 Å². The molecule has 10 nitrogen and oxygen atoms in total. The van der Waals surface area contributed by atoms with E-state index in [1.807, 2.05) is 6.92 Å². The van der Waals surface area contributed by atoms with Crippen LogP contribution in [0.4, 0.5) is 0 Å². The quantitative estimate of drug-likeness (QED) is 0.619. The van der Waals surface area contributed by atoms with Gasteiger partial charge >= 0.3 is 17.3 Å². The second-order valence-corrected chi connectivity index (χ2v) is 6.31. The van der Waals surface area contributed by atoms with Crippen LogP contribution >= 0.6 is 0 Å². The Hall–Kier alpha value is -3.17. The molecule has 0 radical (unpaired) electrons. The highest BCUT2D eigenvalue weighted by Gasteiger charge is 2.18. The van der Waals surface area contributed by atoms with Gasteiger partial charge in [-0.2, -0.15) is 0 Å². The molecule has 0 saturated carbocycles. The van der Waals surface area contributed by atoms with Crippen LogP contribution in [0.5, 0.6) is 0 Å². The van der Waals surface area contributed by atoms with E-state index in [0.717, 1.165) is 0 Å². The van der Waals surface area contributed by atoms with E-state index in [1.54, 1.807) is 13.8 Å². The van der Waals surface area contributed by atoms with E-state index in [9.17, 15) is 24.0 Å². The number of rotatable bonds is 7. The molecular weight excluding hydrogens is 356 g/mol. The van der Waals surface area contributed by atoms with Gasteiger partial charge in [0.1, 0.15) is 6.10 Å². The van der Waals surface area contributed by atoms with Crippen LogP contribution in [-0.2, 0) is 22.6 Å². The van der Waals surface area contributed by atoms with Gasteiger partial charge in [0.2, 0.25) is 0 Å². The molecule has 0 atom stereocenters. The van der Waals surface area contributed by atoms with E-state index in [2.05, 4.69) is 9.97 Å². The number of esters is 1. The molecule has 2 aromatic rings. The minimum atomic E-state index is -0.852. The Bertz CT molecular complexity index is 983. The zero-order chi connectivity index (χ0) is 20.1. The molecule has 0 bridgehead atoms. The van der Waals surface area contributed by atoms with Crippen LogP contribution < -0.4 is 22.5 Å². The molecule has 0 amide bonds. The number of H-pyrrole nitrogens is 2. The lowest BCUT2D eigenvalue weighted by Gasteiger charge is -2.20. The summed E-state index contributed by atoms with van der Waals surface area (Å²) < 4.78 is 7.83. The Kier molecular flexibility index (Phi) is 6.32. The van der Waals surface area contributed by atoms with E-state index < -0.39 is 34.6 Å². The number of carbonyl (C=O) groups is 1. The van der Waals surface area contributed by atoms with E-state index >= 15 is 0 Å². The first kappa shape index (κ1) is 20.1. The minimum absolute atomic E-state index is 0.0590. The first-order valence-electron chi connectivity index (χ1n) is 8.51. The standard InChI is InChI=1S/C17H22N4O6/c1-4-5-13(22)27-12(8-20-6-10(2)14(23)18-16(20)25)9-21-7-11(3)15(24)19-17(21)26/h6-7,12H,4-5,8-9H2,1-3H3,(H,18,23,25)(H,19,24,26). The molecule has 0 spiro atoms. The van der Waals surface area contributed by atoms with Crippen molar-refractivity contribution in [1.29, 1.82) is 0 Å². The van der Waals surface area contributed by atoms with Crippen molar-refractivity contribution in [2.24, 2.45) is 0 Å². The summed E-state index contributed by atoms with van der Waals surface area (Å²) in [5, 5.41) is 0. The number of nitrogens with zero attached hydrogens (tertiary/aromatic N) is 2. The summed E-state index contributed by atoms with van der Waals surface area (Å²) >= 11 is 0. The van der Waals surface area contributed by atoms with Gasteiger partial charge in [0, 0.05) is 29.9 Å². The van der Waals surface area contributed by atoms with Crippen molar-refractivity contribution in [3.63, 3.8) is 0 Å². The number of hydrogen-bond donors (Lipinski definition) is 2. The molecule has 146 valence electrons. The van der Waals surface area contributed by atoms with Gasteiger partial charge < -0.3 is 4.74 Å².